The molecule has 2 rings (SSSR count). The summed E-state index contributed by atoms with van der Waals surface area (Å²) < 4.78 is 0. The highest BCUT2D eigenvalue weighted by Gasteiger charge is 2.30. The van der Waals surface area contributed by atoms with Crippen LogP contribution in [0.15, 0.2) is 0 Å². The van der Waals surface area contributed by atoms with Crippen LogP contribution in [0.1, 0.15) is 34.0 Å². The first-order valence-electron chi connectivity index (χ1n) is 4.10. The smallest absolute Gasteiger partial charge is 0.00727 e. The van der Waals surface area contributed by atoms with Gasteiger partial charge in [-0.15, -0.1) is 0 Å². The molecule has 2 bridgehead atoms. The quantitative estimate of drug-likeness (QED) is 0.523. The SMILES string of the molecule is CC1CC2CCC(C1)N2.[HH]. The van der Waals surface area contributed by atoms with Gasteiger partial charge in [0.2, 0.25) is 0 Å². The zero-order valence-electron chi connectivity index (χ0n) is 6.06. The lowest BCUT2D eigenvalue weighted by molar-refractivity contribution is 0.319. The van der Waals surface area contributed by atoms with Crippen LogP contribution in [0.4, 0.5) is 0 Å². The molecule has 0 amide bonds. The maximum Gasteiger partial charge on any atom is 0.00727 e. The van der Waals surface area contributed by atoms with Gasteiger partial charge in [-0.1, -0.05) is 6.92 Å². The molecule has 0 aliphatic carbocycles. The van der Waals surface area contributed by atoms with E-state index in [4.69, 9.17) is 0 Å². The first-order valence-corrected chi connectivity index (χ1v) is 4.10. The fraction of sp³-hybridized carbons (Fsp3) is 1.00. The number of hydrogen-bond donors (Lipinski definition) is 1. The van der Waals surface area contributed by atoms with Crippen molar-refractivity contribution in [3.63, 3.8) is 0 Å². The van der Waals surface area contributed by atoms with Gasteiger partial charge in [-0.2, -0.15) is 0 Å². The van der Waals surface area contributed by atoms with Crippen LogP contribution < -0.4 is 5.32 Å². The molecule has 0 radical (unpaired) electrons. The molecular weight excluding hydrogens is 110 g/mol. The van der Waals surface area contributed by atoms with Crippen LogP contribution in [0, 0.1) is 5.92 Å². The molecule has 9 heavy (non-hydrogen) atoms. The molecule has 0 aromatic rings. The minimum Gasteiger partial charge on any atom is -0.311 e. The van der Waals surface area contributed by atoms with Gasteiger partial charge in [0.25, 0.3) is 0 Å². The molecule has 2 aliphatic rings. The summed E-state index contributed by atoms with van der Waals surface area (Å²) in [4.78, 5) is 0. The average Bonchev–Trinajstić information content (AvgIpc) is 2.11. The largest absolute Gasteiger partial charge is 0.311 e. The molecule has 2 heterocycles. The zero-order valence-corrected chi connectivity index (χ0v) is 6.06. The summed E-state index contributed by atoms with van der Waals surface area (Å²) in [5.74, 6) is 0.990. The Kier molecular flexibility index (Phi) is 1.26. The summed E-state index contributed by atoms with van der Waals surface area (Å²) in [7, 11) is 0. The first kappa shape index (κ1) is 5.72. The van der Waals surface area contributed by atoms with E-state index in [2.05, 4.69) is 12.2 Å². The van der Waals surface area contributed by atoms with Crippen LogP contribution in [0.5, 0.6) is 0 Å². The van der Waals surface area contributed by atoms with E-state index in [0.29, 0.717) is 0 Å². The lowest BCUT2D eigenvalue weighted by Crippen LogP contribution is -2.37. The predicted molar refractivity (Wildman–Crippen MR) is 40.5 cm³/mol. The highest BCUT2D eigenvalue weighted by molar-refractivity contribution is 4.90. The van der Waals surface area contributed by atoms with E-state index in [1.807, 2.05) is 0 Å². The van der Waals surface area contributed by atoms with Crippen molar-refractivity contribution in [1.29, 1.82) is 0 Å². The maximum absolute atomic E-state index is 3.62. The normalized spacial score (nSPS) is 49.7. The highest BCUT2D eigenvalue weighted by Crippen LogP contribution is 2.29. The fourth-order valence-electron chi connectivity index (χ4n) is 2.34. The van der Waals surface area contributed by atoms with E-state index in [0.717, 1.165) is 18.0 Å². The molecule has 1 N–H and O–H groups in total. The third-order valence-corrected chi connectivity index (χ3v) is 2.71. The molecule has 0 saturated carbocycles. The maximum atomic E-state index is 3.62. The fourth-order valence-corrected chi connectivity index (χ4v) is 2.34. The van der Waals surface area contributed by atoms with Gasteiger partial charge in [-0.25, -0.2) is 0 Å². The van der Waals surface area contributed by atoms with Crippen molar-refractivity contribution in [3.05, 3.63) is 0 Å². The van der Waals surface area contributed by atoms with Crippen LogP contribution in [0.3, 0.4) is 0 Å². The minimum atomic E-state index is 0. The first-order chi connectivity index (χ1) is 4.34. The molecular formula is C8H17N. The van der Waals surface area contributed by atoms with E-state index in [1.54, 1.807) is 0 Å². The predicted octanol–water partition coefficient (Wildman–Crippen LogP) is 1.78. The van der Waals surface area contributed by atoms with E-state index in [9.17, 15) is 0 Å². The van der Waals surface area contributed by atoms with Gasteiger partial charge in [-0.3, -0.25) is 0 Å². The third kappa shape index (κ3) is 0.983. The van der Waals surface area contributed by atoms with Crippen LogP contribution in [0.2, 0.25) is 0 Å². The van der Waals surface area contributed by atoms with Crippen molar-refractivity contribution in [1.82, 2.24) is 5.32 Å². The highest BCUT2D eigenvalue weighted by atomic mass is 15.0. The molecule has 1 heteroatoms. The second-order valence-electron chi connectivity index (χ2n) is 3.71. The second-order valence-corrected chi connectivity index (χ2v) is 3.71. The lowest BCUT2D eigenvalue weighted by atomic mass is 9.95. The van der Waals surface area contributed by atoms with Crippen molar-refractivity contribution in [2.24, 2.45) is 5.92 Å². The number of rotatable bonds is 0. The van der Waals surface area contributed by atoms with E-state index < -0.39 is 0 Å². The lowest BCUT2D eigenvalue weighted by Gasteiger charge is -2.25. The van der Waals surface area contributed by atoms with Crippen LogP contribution >= 0.6 is 0 Å². The van der Waals surface area contributed by atoms with Crippen molar-refractivity contribution >= 4 is 0 Å². The summed E-state index contributed by atoms with van der Waals surface area (Å²) in [5, 5.41) is 3.62. The monoisotopic (exact) mass is 127 g/mol. The topological polar surface area (TPSA) is 12.0 Å². The Morgan fingerprint density at radius 2 is 1.78 bits per heavy atom. The number of fused-ring (bicyclic) bond motifs is 2. The zero-order chi connectivity index (χ0) is 6.27. The van der Waals surface area contributed by atoms with E-state index in [1.165, 1.54) is 25.7 Å². The average molecular weight is 127 g/mol. The molecule has 0 aromatic carbocycles. The molecule has 54 valence electrons. The van der Waals surface area contributed by atoms with Gasteiger partial charge >= 0.3 is 0 Å². The minimum absolute atomic E-state index is 0. The van der Waals surface area contributed by atoms with Gasteiger partial charge in [0.1, 0.15) is 0 Å². The Hall–Kier alpha value is -0.0400. The van der Waals surface area contributed by atoms with Crippen molar-refractivity contribution in [2.45, 2.75) is 44.7 Å². The number of hydrogen-bond acceptors (Lipinski definition) is 1. The molecule has 2 unspecified atom stereocenters. The Morgan fingerprint density at radius 3 is 2.33 bits per heavy atom. The molecule has 2 saturated heterocycles. The van der Waals surface area contributed by atoms with Gasteiger partial charge in [0, 0.05) is 13.5 Å². The molecule has 2 fully saturated rings. The van der Waals surface area contributed by atoms with E-state index in [-0.39, 0.29) is 1.43 Å². The van der Waals surface area contributed by atoms with Crippen LogP contribution in [-0.4, -0.2) is 12.1 Å². The summed E-state index contributed by atoms with van der Waals surface area (Å²) in [6.07, 6.45) is 5.73. The Labute approximate surface area is 58.3 Å². The molecule has 0 spiro atoms. The summed E-state index contributed by atoms with van der Waals surface area (Å²) in [6.45, 7) is 2.38. The van der Waals surface area contributed by atoms with Gasteiger partial charge in [-0.05, 0) is 31.6 Å². The van der Waals surface area contributed by atoms with Gasteiger partial charge in [0.05, 0.1) is 0 Å². The number of nitrogens with one attached hydrogen (secondary N) is 1. The van der Waals surface area contributed by atoms with Gasteiger partial charge in [0.15, 0.2) is 0 Å². The number of piperidine rings is 1. The molecule has 2 atom stereocenters. The van der Waals surface area contributed by atoms with E-state index >= 15 is 0 Å². The van der Waals surface area contributed by atoms with Crippen molar-refractivity contribution < 1.29 is 1.43 Å². The standard InChI is InChI=1S/C8H15N.H2/c1-6-4-7-2-3-8(5-6)9-7;/h6-9H,2-5H2,1H3;1H. The summed E-state index contributed by atoms with van der Waals surface area (Å²) in [5.41, 5.74) is 0. The van der Waals surface area contributed by atoms with Crippen LogP contribution in [0.25, 0.3) is 0 Å². The summed E-state index contributed by atoms with van der Waals surface area (Å²) in [6, 6.07) is 1.78. The Bertz CT molecular complexity index is 104. The summed E-state index contributed by atoms with van der Waals surface area (Å²) >= 11 is 0. The van der Waals surface area contributed by atoms with Crippen LogP contribution in [-0.2, 0) is 0 Å². The van der Waals surface area contributed by atoms with Crippen molar-refractivity contribution in [3.8, 4) is 0 Å². The molecule has 1 nitrogen and oxygen atoms in total. The third-order valence-electron chi connectivity index (χ3n) is 2.71. The molecule has 2 aliphatic heterocycles. The Morgan fingerprint density at radius 1 is 1.22 bits per heavy atom. The van der Waals surface area contributed by atoms with Crippen molar-refractivity contribution in [2.75, 3.05) is 0 Å². The molecule has 0 aromatic heterocycles. The Balaban J connectivity index is 0.000000500. The van der Waals surface area contributed by atoms with Gasteiger partial charge < -0.3 is 5.32 Å². The second kappa shape index (κ2) is 1.98.